The minimum atomic E-state index is 0.0483. The largest absolute Gasteiger partial charge is 0.358 e. The summed E-state index contributed by atoms with van der Waals surface area (Å²) in [6.45, 7) is 9.07. The fourth-order valence-corrected chi connectivity index (χ4v) is 4.71. The molecule has 35 heavy (non-hydrogen) atoms. The number of nitrogens with zero attached hydrogens (tertiary/aromatic N) is 1. The molecule has 5 aromatic rings. The number of para-hydroxylation sites is 1. The second-order valence-corrected chi connectivity index (χ2v) is 10.3. The Morgan fingerprint density at radius 2 is 1.43 bits per heavy atom. The highest BCUT2D eigenvalue weighted by Crippen LogP contribution is 2.36. The van der Waals surface area contributed by atoms with Gasteiger partial charge in [0.2, 0.25) is 0 Å². The van der Waals surface area contributed by atoms with E-state index in [1.165, 1.54) is 50.6 Å². The fraction of sp³-hybridized carbons (Fsp3) is 0.212. The van der Waals surface area contributed by atoms with Gasteiger partial charge in [-0.15, -0.1) is 0 Å². The molecular formula is C33H34N2. The molecule has 0 aliphatic rings. The predicted molar refractivity (Wildman–Crippen MR) is 149 cm³/mol. The number of hydrogen-bond acceptors (Lipinski definition) is 0. The average molecular weight is 459 g/mol. The lowest BCUT2D eigenvalue weighted by atomic mass is 9.89. The summed E-state index contributed by atoms with van der Waals surface area (Å²) in [7, 11) is 0. The third-order valence-corrected chi connectivity index (χ3v) is 6.67. The quantitative estimate of drug-likeness (QED) is 0.262. The van der Waals surface area contributed by atoms with Crippen molar-refractivity contribution in [3.63, 3.8) is 0 Å². The van der Waals surface area contributed by atoms with Crippen LogP contribution in [0.4, 0.5) is 0 Å². The molecule has 0 bridgehead atoms. The number of rotatable bonds is 6. The van der Waals surface area contributed by atoms with Gasteiger partial charge in [0.15, 0.2) is 0 Å². The highest BCUT2D eigenvalue weighted by atomic mass is 15.0. The van der Waals surface area contributed by atoms with Crippen molar-refractivity contribution in [2.24, 2.45) is 0 Å². The van der Waals surface area contributed by atoms with E-state index in [2.05, 4.69) is 141 Å². The third-order valence-electron chi connectivity index (χ3n) is 6.67. The second-order valence-electron chi connectivity index (χ2n) is 10.3. The zero-order valence-electron chi connectivity index (χ0n) is 21.2. The first-order chi connectivity index (χ1) is 16.9. The van der Waals surface area contributed by atoms with Gasteiger partial charge in [-0.25, -0.2) is 0 Å². The molecule has 0 saturated heterocycles. The SMILES string of the molecule is CCCc1ccc(-c2ccccc2-n2cc(C(C)(C)C)cc2-c2cccc(-c3ccccc3)c2)[nH]1. The van der Waals surface area contributed by atoms with E-state index in [-0.39, 0.29) is 5.41 Å². The standard InChI is InChI=1S/C33H34N2/c1-5-12-28-19-20-30(34-28)29-17-9-10-18-31(29)35-23-27(33(2,3)4)22-32(35)26-16-11-15-25(21-26)24-13-7-6-8-14-24/h6-11,13-23,34H,5,12H2,1-4H3. The van der Waals surface area contributed by atoms with Crippen molar-refractivity contribution < 1.29 is 0 Å². The van der Waals surface area contributed by atoms with Crippen molar-refractivity contribution in [3.05, 3.63) is 115 Å². The zero-order valence-corrected chi connectivity index (χ0v) is 21.2. The number of aromatic amines is 1. The predicted octanol–water partition coefficient (Wildman–Crippen LogP) is 9.06. The van der Waals surface area contributed by atoms with E-state index in [9.17, 15) is 0 Å². The van der Waals surface area contributed by atoms with E-state index in [0.29, 0.717) is 0 Å². The average Bonchev–Trinajstić information content (AvgIpc) is 3.53. The highest BCUT2D eigenvalue weighted by molar-refractivity contribution is 5.77. The van der Waals surface area contributed by atoms with E-state index >= 15 is 0 Å². The first-order valence-corrected chi connectivity index (χ1v) is 12.6. The molecule has 3 aromatic carbocycles. The molecule has 0 unspecified atom stereocenters. The summed E-state index contributed by atoms with van der Waals surface area (Å²) in [5, 5.41) is 0. The lowest BCUT2D eigenvalue weighted by Crippen LogP contribution is -2.09. The summed E-state index contributed by atoms with van der Waals surface area (Å²) >= 11 is 0. The van der Waals surface area contributed by atoms with Gasteiger partial charge < -0.3 is 9.55 Å². The van der Waals surface area contributed by atoms with Crippen LogP contribution in [0.3, 0.4) is 0 Å². The van der Waals surface area contributed by atoms with Crippen LogP contribution in [0, 0.1) is 0 Å². The lowest BCUT2D eigenvalue weighted by Gasteiger charge is -2.16. The van der Waals surface area contributed by atoms with Gasteiger partial charge in [0.1, 0.15) is 0 Å². The van der Waals surface area contributed by atoms with Gasteiger partial charge in [-0.3, -0.25) is 0 Å². The summed E-state index contributed by atoms with van der Waals surface area (Å²) in [5.41, 5.74) is 11.1. The van der Waals surface area contributed by atoms with E-state index < -0.39 is 0 Å². The molecule has 1 N–H and O–H groups in total. The van der Waals surface area contributed by atoms with Crippen LogP contribution in [0.1, 0.15) is 45.4 Å². The molecule has 0 amide bonds. The Morgan fingerprint density at radius 1 is 0.714 bits per heavy atom. The Morgan fingerprint density at radius 3 is 2.20 bits per heavy atom. The van der Waals surface area contributed by atoms with Crippen LogP contribution in [0.15, 0.2) is 103 Å². The Kier molecular flexibility index (Phi) is 6.21. The number of aryl methyl sites for hydroxylation is 1. The molecule has 0 saturated carbocycles. The summed E-state index contributed by atoms with van der Waals surface area (Å²) in [6.07, 6.45) is 4.52. The normalized spacial score (nSPS) is 11.7. The van der Waals surface area contributed by atoms with Crippen molar-refractivity contribution in [2.45, 2.75) is 46.0 Å². The van der Waals surface area contributed by atoms with Crippen molar-refractivity contribution in [2.75, 3.05) is 0 Å². The summed E-state index contributed by atoms with van der Waals surface area (Å²) in [5.74, 6) is 0. The van der Waals surface area contributed by atoms with Gasteiger partial charge in [-0.2, -0.15) is 0 Å². The summed E-state index contributed by atoms with van der Waals surface area (Å²) < 4.78 is 2.38. The van der Waals surface area contributed by atoms with Crippen LogP contribution >= 0.6 is 0 Å². The molecule has 2 nitrogen and oxygen atoms in total. The number of H-pyrrole nitrogens is 1. The Hall–Kier alpha value is -3.78. The first-order valence-electron chi connectivity index (χ1n) is 12.6. The number of aromatic nitrogens is 2. The molecule has 0 aliphatic heterocycles. The van der Waals surface area contributed by atoms with Gasteiger partial charge in [-0.1, -0.05) is 101 Å². The van der Waals surface area contributed by atoms with Crippen LogP contribution in [0.2, 0.25) is 0 Å². The Bertz CT molecular complexity index is 1430. The maximum atomic E-state index is 3.65. The van der Waals surface area contributed by atoms with E-state index in [1.807, 2.05) is 0 Å². The minimum absolute atomic E-state index is 0.0483. The first kappa shape index (κ1) is 23.0. The van der Waals surface area contributed by atoms with Crippen LogP contribution in [0.5, 0.6) is 0 Å². The Labute approximate surface area is 209 Å². The van der Waals surface area contributed by atoms with Gasteiger partial charge in [-0.05, 0) is 64.4 Å². The van der Waals surface area contributed by atoms with Crippen molar-refractivity contribution in [3.8, 4) is 39.3 Å². The number of nitrogens with one attached hydrogen (secondary N) is 1. The molecule has 2 heterocycles. The van der Waals surface area contributed by atoms with Crippen molar-refractivity contribution in [1.29, 1.82) is 0 Å². The molecule has 0 aliphatic carbocycles. The molecule has 176 valence electrons. The monoisotopic (exact) mass is 458 g/mol. The van der Waals surface area contributed by atoms with E-state index in [1.54, 1.807) is 0 Å². The zero-order chi connectivity index (χ0) is 24.4. The highest BCUT2D eigenvalue weighted by Gasteiger charge is 2.21. The van der Waals surface area contributed by atoms with E-state index in [0.717, 1.165) is 12.8 Å². The molecular weight excluding hydrogens is 424 g/mol. The maximum absolute atomic E-state index is 3.65. The third kappa shape index (κ3) is 4.74. The van der Waals surface area contributed by atoms with Crippen LogP contribution < -0.4 is 0 Å². The van der Waals surface area contributed by atoms with Crippen molar-refractivity contribution in [1.82, 2.24) is 9.55 Å². The van der Waals surface area contributed by atoms with E-state index in [4.69, 9.17) is 0 Å². The topological polar surface area (TPSA) is 20.7 Å². The number of hydrogen-bond donors (Lipinski definition) is 1. The van der Waals surface area contributed by atoms with Crippen LogP contribution in [0.25, 0.3) is 39.3 Å². The smallest absolute Gasteiger partial charge is 0.0549 e. The molecule has 0 spiro atoms. The molecule has 0 radical (unpaired) electrons. The fourth-order valence-electron chi connectivity index (χ4n) is 4.71. The number of benzene rings is 3. The van der Waals surface area contributed by atoms with Crippen LogP contribution in [-0.4, -0.2) is 9.55 Å². The van der Waals surface area contributed by atoms with Gasteiger partial charge in [0, 0.05) is 23.1 Å². The van der Waals surface area contributed by atoms with Gasteiger partial charge in [0.05, 0.1) is 11.4 Å². The molecule has 0 atom stereocenters. The molecule has 5 rings (SSSR count). The molecule has 2 heteroatoms. The van der Waals surface area contributed by atoms with Crippen LogP contribution in [-0.2, 0) is 11.8 Å². The summed E-state index contributed by atoms with van der Waals surface area (Å²) in [6, 6.07) is 35.0. The minimum Gasteiger partial charge on any atom is -0.358 e. The van der Waals surface area contributed by atoms with Crippen molar-refractivity contribution >= 4 is 0 Å². The molecule has 2 aromatic heterocycles. The second kappa shape index (κ2) is 9.46. The molecule has 0 fully saturated rings. The van der Waals surface area contributed by atoms with Gasteiger partial charge >= 0.3 is 0 Å². The van der Waals surface area contributed by atoms with Gasteiger partial charge in [0.25, 0.3) is 0 Å². The summed E-state index contributed by atoms with van der Waals surface area (Å²) in [4.78, 5) is 3.65. The maximum Gasteiger partial charge on any atom is 0.0549 e. The lowest BCUT2D eigenvalue weighted by molar-refractivity contribution is 0.590. The Balaban J connectivity index is 1.68.